The number of unbranched alkanes of at least 4 members (excludes halogenated alkanes) is 20. The second-order valence-corrected chi connectivity index (χ2v) is 14.8. The third-order valence-electron chi connectivity index (χ3n) is 9.13. The fraction of sp³-hybridized carbons (Fsp3) is 0.675. The summed E-state index contributed by atoms with van der Waals surface area (Å²) in [6.07, 6.45) is 29.3. The van der Waals surface area contributed by atoms with E-state index in [1.54, 1.807) is 0 Å². The Labute approximate surface area is 269 Å². The van der Waals surface area contributed by atoms with E-state index in [0.29, 0.717) is 9.52 Å². The molecule has 3 heteroatoms. The average molecular weight is 604 g/mol. The molecule has 2 aromatic carbocycles. The summed E-state index contributed by atoms with van der Waals surface area (Å²) < 4.78 is 0. The molecule has 240 valence electrons. The first kappa shape index (κ1) is 37.3. The van der Waals surface area contributed by atoms with Crippen LogP contribution in [0.2, 0.25) is 0 Å². The number of hydrogen-bond acceptors (Lipinski definition) is 1. The maximum Gasteiger partial charge on any atom is 0.227 e. The minimum absolute atomic E-state index is 0.184. The topological polar surface area (TPSA) is 29.1 Å². The van der Waals surface area contributed by atoms with Crippen molar-refractivity contribution in [2.24, 2.45) is 5.92 Å². The van der Waals surface area contributed by atoms with Crippen LogP contribution in [-0.2, 0) is 9.83 Å². The van der Waals surface area contributed by atoms with E-state index in [-0.39, 0.29) is 11.8 Å². The summed E-state index contributed by atoms with van der Waals surface area (Å²) >= 11 is 0. The van der Waals surface area contributed by atoms with Crippen LogP contribution in [0.3, 0.4) is 0 Å². The Bertz CT molecular complexity index is 915. The van der Waals surface area contributed by atoms with Crippen LogP contribution < -0.4 is 10.5 Å². The van der Waals surface area contributed by atoms with Gasteiger partial charge < -0.3 is 5.32 Å². The number of amides is 1. The van der Waals surface area contributed by atoms with Gasteiger partial charge in [0.15, 0.2) is 0 Å². The number of carbonyl (C=O) groups is 1. The van der Waals surface area contributed by atoms with Gasteiger partial charge in [0.05, 0.1) is 5.04 Å². The van der Waals surface area contributed by atoms with Crippen molar-refractivity contribution in [3.63, 3.8) is 0 Å². The lowest BCUT2D eigenvalue weighted by Crippen LogP contribution is -2.55. The Kier molecular flexibility index (Phi) is 21.2. The first-order valence-corrected chi connectivity index (χ1v) is 19.3. The van der Waals surface area contributed by atoms with E-state index in [4.69, 9.17) is 0 Å². The number of benzene rings is 2. The zero-order valence-electron chi connectivity index (χ0n) is 28.3. The predicted octanol–water partition coefficient (Wildman–Crippen LogP) is 10.9. The summed E-state index contributed by atoms with van der Waals surface area (Å²) in [4.78, 5) is 13.8. The molecule has 0 heterocycles. The smallest absolute Gasteiger partial charge is 0.227 e. The lowest BCUT2D eigenvalue weighted by molar-refractivity contribution is -0.125. The van der Waals surface area contributed by atoms with Gasteiger partial charge in [-0.3, -0.25) is 4.79 Å². The van der Waals surface area contributed by atoms with Crippen molar-refractivity contribution in [1.82, 2.24) is 5.32 Å². The Balaban J connectivity index is 1.50. The van der Waals surface area contributed by atoms with Crippen molar-refractivity contribution in [2.45, 2.75) is 161 Å². The number of nitrogens with one attached hydrogen (secondary N) is 1. The quantitative estimate of drug-likeness (QED) is 0.0798. The molecule has 0 aliphatic heterocycles. The molecule has 1 atom stereocenters. The molecular formula is C40H65NOSi. The maximum atomic E-state index is 13.8. The van der Waals surface area contributed by atoms with Gasteiger partial charge in [-0.1, -0.05) is 215 Å². The predicted molar refractivity (Wildman–Crippen MR) is 190 cm³/mol. The molecule has 0 fully saturated rings. The highest BCUT2D eigenvalue weighted by Crippen LogP contribution is 2.32. The van der Waals surface area contributed by atoms with Crippen molar-refractivity contribution in [3.8, 4) is 0 Å². The van der Waals surface area contributed by atoms with Gasteiger partial charge in [-0.05, 0) is 17.9 Å². The minimum atomic E-state index is -0.532. The molecule has 1 N–H and O–H groups in total. The van der Waals surface area contributed by atoms with Gasteiger partial charge in [-0.2, -0.15) is 0 Å². The van der Waals surface area contributed by atoms with E-state index >= 15 is 0 Å². The molecule has 0 bridgehead atoms. The SMILES string of the molecule is CCCCCCCCCCCCCCCCCCCCCCCNC(=O)C([Si]c1ccccc1)(c1ccccc1)C(C)C. The Morgan fingerprint density at radius 3 is 1.35 bits per heavy atom. The summed E-state index contributed by atoms with van der Waals surface area (Å²) in [6, 6.07) is 21.0. The standard InChI is InChI=1S/C40H65NOSi/c1-4-5-6-7-8-9-10-11-12-13-14-15-16-17-18-19-20-21-22-23-30-35-41-39(42)40(36(2)3,37-31-26-24-27-32-37)43-38-33-28-25-29-34-38/h24-29,31-34,36H,4-23,30,35H2,1-3H3,(H,41,42). The summed E-state index contributed by atoms with van der Waals surface area (Å²) in [5.74, 6) is 0.386. The van der Waals surface area contributed by atoms with Crippen molar-refractivity contribution in [3.05, 3.63) is 66.2 Å². The molecule has 0 aromatic heterocycles. The average Bonchev–Trinajstić information content (AvgIpc) is 3.03. The monoisotopic (exact) mass is 603 g/mol. The molecule has 0 saturated carbocycles. The van der Waals surface area contributed by atoms with Gasteiger partial charge in [-0.25, -0.2) is 0 Å². The number of carbonyl (C=O) groups excluding carboxylic acids is 1. The third-order valence-corrected chi connectivity index (χ3v) is 11.2. The van der Waals surface area contributed by atoms with Crippen molar-refractivity contribution in [2.75, 3.05) is 6.54 Å². The van der Waals surface area contributed by atoms with Crippen molar-refractivity contribution >= 4 is 20.6 Å². The van der Waals surface area contributed by atoms with Gasteiger partial charge in [-0.15, -0.1) is 0 Å². The summed E-state index contributed by atoms with van der Waals surface area (Å²) in [7, 11) is 0.402. The Morgan fingerprint density at radius 1 is 0.581 bits per heavy atom. The molecule has 0 saturated heterocycles. The van der Waals surface area contributed by atoms with Gasteiger partial charge in [0.25, 0.3) is 0 Å². The third kappa shape index (κ3) is 15.6. The highest BCUT2D eigenvalue weighted by atomic mass is 28.2. The Morgan fingerprint density at radius 2 is 0.953 bits per heavy atom. The highest BCUT2D eigenvalue weighted by molar-refractivity contribution is 6.61. The maximum absolute atomic E-state index is 13.8. The summed E-state index contributed by atoms with van der Waals surface area (Å²) in [5, 5.41) is 4.06. The highest BCUT2D eigenvalue weighted by Gasteiger charge is 2.43. The van der Waals surface area contributed by atoms with E-state index in [1.165, 1.54) is 134 Å². The van der Waals surface area contributed by atoms with Gasteiger partial charge >= 0.3 is 0 Å². The van der Waals surface area contributed by atoms with Crippen LogP contribution in [0.25, 0.3) is 0 Å². The van der Waals surface area contributed by atoms with Crippen LogP contribution in [0.4, 0.5) is 0 Å². The zero-order valence-corrected chi connectivity index (χ0v) is 29.3. The van der Waals surface area contributed by atoms with Crippen LogP contribution in [0.15, 0.2) is 60.7 Å². The fourth-order valence-electron chi connectivity index (χ4n) is 6.35. The molecule has 2 aromatic rings. The molecule has 2 radical (unpaired) electrons. The molecule has 0 aliphatic rings. The minimum Gasteiger partial charge on any atom is -0.356 e. The van der Waals surface area contributed by atoms with E-state index in [0.717, 1.165) is 18.5 Å². The van der Waals surface area contributed by atoms with E-state index < -0.39 is 5.04 Å². The van der Waals surface area contributed by atoms with Crippen molar-refractivity contribution in [1.29, 1.82) is 0 Å². The number of hydrogen-bond donors (Lipinski definition) is 1. The van der Waals surface area contributed by atoms with Gasteiger partial charge in [0, 0.05) is 6.54 Å². The normalized spacial score (nSPS) is 12.8. The van der Waals surface area contributed by atoms with E-state index in [1.807, 2.05) is 12.1 Å². The van der Waals surface area contributed by atoms with Crippen LogP contribution in [0.1, 0.15) is 161 Å². The molecule has 0 spiro atoms. The number of rotatable bonds is 27. The molecule has 1 amide bonds. The Hall–Kier alpha value is -1.87. The fourth-order valence-corrected chi connectivity index (χ4v) is 7.96. The molecule has 1 unspecified atom stereocenters. The molecule has 43 heavy (non-hydrogen) atoms. The van der Waals surface area contributed by atoms with E-state index in [9.17, 15) is 4.79 Å². The van der Waals surface area contributed by atoms with E-state index in [2.05, 4.69) is 74.6 Å². The van der Waals surface area contributed by atoms with Crippen LogP contribution in [0, 0.1) is 5.92 Å². The second kappa shape index (κ2) is 24.4. The summed E-state index contributed by atoms with van der Waals surface area (Å²) in [6.45, 7) is 7.46. The van der Waals surface area contributed by atoms with Gasteiger partial charge in [0.2, 0.25) is 5.91 Å². The molecule has 0 aliphatic carbocycles. The molecular weight excluding hydrogens is 539 g/mol. The van der Waals surface area contributed by atoms with Crippen LogP contribution >= 0.6 is 0 Å². The van der Waals surface area contributed by atoms with Crippen LogP contribution in [0.5, 0.6) is 0 Å². The lowest BCUT2D eigenvalue weighted by atomic mass is 9.86. The molecule has 2 nitrogen and oxygen atoms in total. The molecule has 2 rings (SSSR count). The first-order chi connectivity index (χ1) is 21.1. The first-order valence-electron chi connectivity index (χ1n) is 18.3. The lowest BCUT2D eigenvalue weighted by Gasteiger charge is -2.36. The van der Waals surface area contributed by atoms with Crippen LogP contribution in [-0.4, -0.2) is 22.0 Å². The zero-order chi connectivity index (χ0) is 30.9. The largest absolute Gasteiger partial charge is 0.356 e. The van der Waals surface area contributed by atoms with Crippen molar-refractivity contribution < 1.29 is 4.79 Å². The second-order valence-electron chi connectivity index (χ2n) is 13.1. The van der Waals surface area contributed by atoms with Gasteiger partial charge in [0.1, 0.15) is 9.52 Å². The summed E-state index contributed by atoms with van der Waals surface area (Å²) in [5.41, 5.74) is 1.13.